The molecule has 0 bridgehead atoms. The number of fused-ring (bicyclic) bond motifs is 1. The van der Waals surface area contributed by atoms with Crippen molar-refractivity contribution in [2.75, 3.05) is 6.54 Å². The summed E-state index contributed by atoms with van der Waals surface area (Å²) in [5.74, 6) is 1.80. The second kappa shape index (κ2) is 5.07. The van der Waals surface area contributed by atoms with Gasteiger partial charge in [-0.05, 0) is 48.9 Å². The summed E-state index contributed by atoms with van der Waals surface area (Å²) in [4.78, 5) is 4.49. The van der Waals surface area contributed by atoms with Crippen LogP contribution < -0.4 is 5.32 Å². The zero-order valence-corrected chi connectivity index (χ0v) is 10.9. The molecule has 0 radical (unpaired) electrons. The van der Waals surface area contributed by atoms with E-state index in [0.29, 0.717) is 0 Å². The average Bonchev–Trinajstić information content (AvgIpc) is 3.23. The van der Waals surface area contributed by atoms with Gasteiger partial charge in [0.05, 0.1) is 5.52 Å². The molecule has 2 heteroatoms. The Morgan fingerprint density at radius 2 is 2.17 bits per heavy atom. The number of pyridine rings is 1. The molecule has 1 aromatic heterocycles. The van der Waals surface area contributed by atoms with E-state index in [4.69, 9.17) is 0 Å². The first-order valence-electron chi connectivity index (χ1n) is 6.87. The third-order valence-electron chi connectivity index (χ3n) is 3.87. The number of benzene rings is 1. The van der Waals surface area contributed by atoms with E-state index in [9.17, 15) is 0 Å². The van der Waals surface area contributed by atoms with Gasteiger partial charge in [-0.1, -0.05) is 25.1 Å². The highest BCUT2D eigenvalue weighted by molar-refractivity contribution is 5.78. The molecule has 94 valence electrons. The third kappa shape index (κ3) is 2.70. The summed E-state index contributed by atoms with van der Waals surface area (Å²) in [5, 5.41) is 4.78. The van der Waals surface area contributed by atoms with E-state index in [0.717, 1.165) is 30.4 Å². The lowest BCUT2D eigenvalue weighted by molar-refractivity contribution is 0.461. The van der Waals surface area contributed by atoms with Crippen LogP contribution >= 0.6 is 0 Å². The summed E-state index contributed by atoms with van der Waals surface area (Å²) < 4.78 is 0. The van der Waals surface area contributed by atoms with E-state index in [1.807, 2.05) is 12.3 Å². The average molecular weight is 240 g/mol. The molecule has 0 spiro atoms. The summed E-state index contributed by atoms with van der Waals surface area (Å²) in [5.41, 5.74) is 2.35. The molecule has 1 heterocycles. The molecule has 1 fully saturated rings. The van der Waals surface area contributed by atoms with Crippen molar-refractivity contribution in [1.29, 1.82) is 0 Å². The second-order valence-corrected chi connectivity index (χ2v) is 5.48. The van der Waals surface area contributed by atoms with Crippen LogP contribution in [0.15, 0.2) is 36.5 Å². The van der Waals surface area contributed by atoms with Crippen molar-refractivity contribution in [3.05, 3.63) is 42.1 Å². The summed E-state index contributed by atoms with van der Waals surface area (Å²) in [6.07, 6.45) is 4.85. The van der Waals surface area contributed by atoms with E-state index in [1.165, 1.54) is 23.8 Å². The first kappa shape index (κ1) is 11.7. The van der Waals surface area contributed by atoms with Gasteiger partial charge in [0.2, 0.25) is 0 Å². The minimum atomic E-state index is 0.818. The molecule has 1 atom stereocenters. The highest BCUT2D eigenvalue weighted by Gasteiger charge is 2.27. The van der Waals surface area contributed by atoms with Gasteiger partial charge in [-0.2, -0.15) is 0 Å². The van der Waals surface area contributed by atoms with Crippen molar-refractivity contribution in [2.45, 2.75) is 26.3 Å². The van der Waals surface area contributed by atoms with Crippen LogP contribution in [0.3, 0.4) is 0 Å². The van der Waals surface area contributed by atoms with Gasteiger partial charge >= 0.3 is 0 Å². The largest absolute Gasteiger partial charge is 0.312 e. The third-order valence-corrected chi connectivity index (χ3v) is 3.87. The Bertz CT molecular complexity index is 531. The van der Waals surface area contributed by atoms with Gasteiger partial charge in [0.15, 0.2) is 0 Å². The summed E-state index contributed by atoms with van der Waals surface area (Å²) in [6, 6.07) is 10.5. The Morgan fingerprint density at radius 1 is 1.33 bits per heavy atom. The lowest BCUT2D eigenvalue weighted by atomic mass is 10.1. The second-order valence-electron chi connectivity index (χ2n) is 5.48. The minimum Gasteiger partial charge on any atom is -0.312 e. The van der Waals surface area contributed by atoms with Crippen LogP contribution in [0.2, 0.25) is 0 Å². The fourth-order valence-electron chi connectivity index (χ4n) is 2.49. The standard InChI is InChI=1S/C16H20N2/c1-12(14-6-7-14)9-17-10-13-8-15-4-2-3-5-16(15)18-11-13/h2-5,8,11-12,14,17H,6-7,9-10H2,1H3. The predicted octanol–water partition coefficient (Wildman–Crippen LogP) is 3.37. The number of aromatic nitrogens is 1. The van der Waals surface area contributed by atoms with Gasteiger partial charge in [0, 0.05) is 18.1 Å². The number of hydrogen-bond acceptors (Lipinski definition) is 2. The van der Waals surface area contributed by atoms with Gasteiger partial charge in [0.1, 0.15) is 0 Å². The molecule has 1 saturated carbocycles. The van der Waals surface area contributed by atoms with Crippen molar-refractivity contribution in [2.24, 2.45) is 11.8 Å². The van der Waals surface area contributed by atoms with Crippen molar-refractivity contribution >= 4 is 10.9 Å². The minimum absolute atomic E-state index is 0.818. The zero-order valence-electron chi connectivity index (χ0n) is 10.9. The molecule has 0 amide bonds. The first-order chi connectivity index (χ1) is 8.83. The quantitative estimate of drug-likeness (QED) is 0.866. The van der Waals surface area contributed by atoms with E-state index in [-0.39, 0.29) is 0 Å². The first-order valence-corrected chi connectivity index (χ1v) is 6.87. The van der Waals surface area contributed by atoms with Crippen LogP contribution in [0.1, 0.15) is 25.3 Å². The summed E-state index contributed by atoms with van der Waals surface area (Å²) in [6.45, 7) is 4.40. The molecule has 0 aliphatic heterocycles. The molecule has 1 aromatic carbocycles. The number of para-hydroxylation sites is 1. The molecular formula is C16H20N2. The Labute approximate surface area is 108 Å². The maximum Gasteiger partial charge on any atom is 0.0702 e. The highest BCUT2D eigenvalue weighted by atomic mass is 14.9. The van der Waals surface area contributed by atoms with Crippen molar-refractivity contribution in [3.63, 3.8) is 0 Å². The van der Waals surface area contributed by atoms with Crippen molar-refractivity contribution in [1.82, 2.24) is 10.3 Å². The molecule has 1 N–H and O–H groups in total. The Kier molecular flexibility index (Phi) is 3.28. The smallest absolute Gasteiger partial charge is 0.0702 e. The van der Waals surface area contributed by atoms with E-state index >= 15 is 0 Å². The maximum atomic E-state index is 4.49. The lowest BCUT2D eigenvalue weighted by Gasteiger charge is -2.11. The van der Waals surface area contributed by atoms with Crippen LogP contribution in [-0.2, 0) is 6.54 Å². The molecule has 1 aliphatic carbocycles. The Morgan fingerprint density at radius 3 is 3.00 bits per heavy atom. The summed E-state index contributed by atoms with van der Waals surface area (Å²) in [7, 11) is 0. The van der Waals surface area contributed by atoms with E-state index < -0.39 is 0 Å². The molecule has 2 nitrogen and oxygen atoms in total. The SMILES string of the molecule is CC(CNCc1cnc2ccccc2c1)C1CC1. The number of hydrogen-bond donors (Lipinski definition) is 1. The molecule has 1 aliphatic rings. The van der Waals surface area contributed by atoms with Crippen LogP contribution in [0.4, 0.5) is 0 Å². The van der Waals surface area contributed by atoms with Crippen LogP contribution in [-0.4, -0.2) is 11.5 Å². The van der Waals surface area contributed by atoms with Gasteiger partial charge in [-0.25, -0.2) is 0 Å². The fraction of sp³-hybridized carbons (Fsp3) is 0.438. The predicted molar refractivity (Wildman–Crippen MR) is 75.3 cm³/mol. The fourth-order valence-corrected chi connectivity index (χ4v) is 2.49. The van der Waals surface area contributed by atoms with Crippen LogP contribution in [0.25, 0.3) is 10.9 Å². The molecule has 18 heavy (non-hydrogen) atoms. The number of nitrogens with zero attached hydrogens (tertiary/aromatic N) is 1. The van der Waals surface area contributed by atoms with Crippen LogP contribution in [0, 0.1) is 11.8 Å². The van der Waals surface area contributed by atoms with Crippen molar-refractivity contribution in [3.8, 4) is 0 Å². The highest BCUT2D eigenvalue weighted by Crippen LogP contribution is 2.36. The Hall–Kier alpha value is -1.41. The zero-order chi connectivity index (χ0) is 12.4. The monoisotopic (exact) mass is 240 g/mol. The van der Waals surface area contributed by atoms with Gasteiger partial charge in [-0.15, -0.1) is 0 Å². The number of rotatable bonds is 5. The van der Waals surface area contributed by atoms with E-state index in [1.54, 1.807) is 0 Å². The lowest BCUT2D eigenvalue weighted by Crippen LogP contribution is -2.21. The molecule has 3 rings (SSSR count). The van der Waals surface area contributed by atoms with Crippen LogP contribution in [0.5, 0.6) is 0 Å². The van der Waals surface area contributed by atoms with Gasteiger partial charge < -0.3 is 5.32 Å². The summed E-state index contributed by atoms with van der Waals surface area (Å²) >= 11 is 0. The maximum absolute atomic E-state index is 4.49. The van der Waals surface area contributed by atoms with E-state index in [2.05, 4.69) is 41.5 Å². The molecule has 0 saturated heterocycles. The normalized spacial score (nSPS) is 16.9. The van der Waals surface area contributed by atoms with Gasteiger partial charge in [-0.3, -0.25) is 4.98 Å². The molecule has 2 aromatic rings. The molecule has 1 unspecified atom stereocenters. The van der Waals surface area contributed by atoms with Crippen molar-refractivity contribution < 1.29 is 0 Å². The van der Waals surface area contributed by atoms with Gasteiger partial charge in [0.25, 0.3) is 0 Å². The Balaban J connectivity index is 1.60. The molecular weight excluding hydrogens is 220 g/mol. The number of nitrogens with one attached hydrogen (secondary N) is 1. The topological polar surface area (TPSA) is 24.9 Å².